The lowest BCUT2D eigenvalue weighted by molar-refractivity contribution is -0.126. The van der Waals surface area contributed by atoms with Crippen LogP contribution >= 0.6 is 11.3 Å². The number of aromatic nitrogens is 3. The first-order valence-corrected chi connectivity index (χ1v) is 13.3. The van der Waals surface area contributed by atoms with Crippen LogP contribution in [0.5, 0.6) is 0 Å². The number of amides is 1. The Morgan fingerprint density at radius 3 is 2.76 bits per heavy atom. The van der Waals surface area contributed by atoms with E-state index in [9.17, 15) is 9.90 Å². The van der Waals surface area contributed by atoms with E-state index in [4.69, 9.17) is 10.7 Å². The van der Waals surface area contributed by atoms with Gasteiger partial charge in [-0.3, -0.25) is 4.79 Å². The summed E-state index contributed by atoms with van der Waals surface area (Å²) < 4.78 is 3.51. The molecule has 3 aromatic heterocycles. The van der Waals surface area contributed by atoms with E-state index in [-0.39, 0.29) is 18.4 Å². The van der Waals surface area contributed by atoms with Gasteiger partial charge in [-0.1, -0.05) is 13.3 Å². The fraction of sp³-hybridized carbons (Fsp3) is 0.640. The molecule has 0 spiro atoms. The first kappa shape index (κ1) is 24.0. The van der Waals surface area contributed by atoms with E-state index in [1.165, 1.54) is 9.58 Å². The zero-order chi connectivity index (χ0) is 23.4. The molecule has 3 heterocycles. The molecule has 4 rings (SSSR count). The van der Waals surface area contributed by atoms with Crippen molar-refractivity contribution in [2.75, 3.05) is 18.9 Å². The van der Waals surface area contributed by atoms with Crippen LogP contribution < -0.4 is 11.1 Å². The highest BCUT2D eigenvalue weighted by Gasteiger charge is 2.25. The molecule has 7 nitrogen and oxygen atoms in total. The second kappa shape index (κ2) is 10.8. The third kappa shape index (κ3) is 5.32. The standard InChI is InChI=1S/C25H37N5O2S/c1-3-4-7-20-29-21-22(23-19(28-24(21)26)14-16(2)33-23)30(20)13-6-5-12-27-25(32)18-10-8-17(15-31)9-11-18/h14,17-18,31H,3-13,15H2,1-2H3,(H2,26,28)(H,27,32). The Hall–Kier alpha value is -2.19. The number of nitrogens with one attached hydrogen (secondary N) is 1. The molecule has 1 amide bonds. The van der Waals surface area contributed by atoms with E-state index < -0.39 is 0 Å². The molecular formula is C25H37N5O2S. The smallest absolute Gasteiger partial charge is 0.223 e. The number of hydrogen-bond acceptors (Lipinski definition) is 6. The minimum atomic E-state index is 0.108. The molecule has 180 valence electrons. The Bertz CT molecular complexity index is 1100. The number of hydrogen-bond donors (Lipinski definition) is 3. The van der Waals surface area contributed by atoms with Gasteiger partial charge in [-0.05, 0) is 63.9 Å². The van der Waals surface area contributed by atoms with Gasteiger partial charge in [-0.25, -0.2) is 9.97 Å². The highest BCUT2D eigenvalue weighted by molar-refractivity contribution is 7.19. The number of nitrogens with two attached hydrogens (primary N) is 1. The number of rotatable bonds is 10. The molecule has 0 aromatic carbocycles. The molecule has 1 saturated carbocycles. The van der Waals surface area contributed by atoms with Gasteiger partial charge < -0.3 is 20.7 Å². The van der Waals surface area contributed by atoms with Crippen molar-refractivity contribution in [3.05, 3.63) is 16.8 Å². The largest absolute Gasteiger partial charge is 0.396 e. The highest BCUT2D eigenvalue weighted by Crippen LogP contribution is 2.35. The number of aliphatic hydroxyl groups excluding tert-OH is 1. The van der Waals surface area contributed by atoms with Crippen molar-refractivity contribution in [2.45, 2.75) is 78.2 Å². The number of carbonyl (C=O) groups excluding carboxylic acids is 1. The molecule has 1 aliphatic rings. The van der Waals surface area contributed by atoms with Crippen molar-refractivity contribution in [1.29, 1.82) is 0 Å². The van der Waals surface area contributed by atoms with E-state index in [0.717, 1.165) is 86.7 Å². The molecule has 33 heavy (non-hydrogen) atoms. The Labute approximate surface area is 199 Å². The maximum atomic E-state index is 12.5. The number of unbranched alkanes of at least 4 members (excludes halogenated alkanes) is 2. The van der Waals surface area contributed by atoms with Crippen LogP contribution in [0, 0.1) is 18.8 Å². The number of carbonyl (C=O) groups is 1. The lowest BCUT2D eigenvalue weighted by Crippen LogP contribution is -2.34. The van der Waals surface area contributed by atoms with Crippen molar-refractivity contribution >= 4 is 44.3 Å². The number of imidazole rings is 1. The molecule has 8 heteroatoms. The maximum absolute atomic E-state index is 12.5. The van der Waals surface area contributed by atoms with Gasteiger partial charge in [-0.2, -0.15) is 0 Å². The normalized spacial score (nSPS) is 18.9. The molecule has 0 saturated heterocycles. The Kier molecular flexibility index (Phi) is 7.86. The van der Waals surface area contributed by atoms with Crippen LogP contribution in [0.2, 0.25) is 0 Å². The summed E-state index contributed by atoms with van der Waals surface area (Å²) in [4.78, 5) is 23.2. The van der Waals surface area contributed by atoms with Crippen LogP contribution in [-0.2, 0) is 17.8 Å². The van der Waals surface area contributed by atoms with Crippen molar-refractivity contribution in [1.82, 2.24) is 19.9 Å². The van der Waals surface area contributed by atoms with E-state index in [2.05, 4.69) is 34.8 Å². The summed E-state index contributed by atoms with van der Waals surface area (Å²) in [6.07, 6.45) is 8.75. The van der Waals surface area contributed by atoms with Gasteiger partial charge in [0.05, 0.1) is 15.7 Å². The number of thiophene rings is 1. The maximum Gasteiger partial charge on any atom is 0.223 e. The van der Waals surface area contributed by atoms with Crippen molar-refractivity contribution in [2.24, 2.45) is 11.8 Å². The van der Waals surface area contributed by atoms with Gasteiger partial charge in [0.2, 0.25) is 5.91 Å². The quantitative estimate of drug-likeness (QED) is 0.376. The third-order valence-corrected chi connectivity index (χ3v) is 7.96. The minimum absolute atomic E-state index is 0.108. The first-order valence-electron chi connectivity index (χ1n) is 12.4. The summed E-state index contributed by atoms with van der Waals surface area (Å²) >= 11 is 1.76. The fourth-order valence-electron chi connectivity index (χ4n) is 4.97. The zero-order valence-corrected chi connectivity index (χ0v) is 20.7. The number of pyridine rings is 1. The van der Waals surface area contributed by atoms with Crippen molar-refractivity contribution < 1.29 is 9.90 Å². The van der Waals surface area contributed by atoms with Gasteiger partial charge in [-0.15, -0.1) is 11.3 Å². The summed E-state index contributed by atoms with van der Waals surface area (Å²) in [6, 6.07) is 2.10. The zero-order valence-electron chi connectivity index (χ0n) is 19.9. The molecule has 0 unspecified atom stereocenters. The molecule has 0 atom stereocenters. The van der Waals surface area contributed by atoms with E-state index in [0.29, 0.717) is 18.3 Å². The van der Waals surface area contributed by atoms with E-state index in [1.807, 2.05) is 0 Å². The van der Waals surface area contributed by atoms with Crippen molar-refractivity contribution in [3.63, 3.8) is 0 Å². The van der Waals surface area contributed by atoms with Crippen molar-refractivity contribution in [3.8, 4) is 0 Å². The van der Waals surface area contributed by atoms with Gasteiger partial charge in [0.15, 0.2) is 5.82 Å². The fourth-order valence-corrected chi connectivity index (χ4v) is 5.97. The Balaban J connectivity index is 1.41. The Morgan fingerprint density at radius 1 is 1.24 bits per heavy atom. The lowest BCUT2D eigenvalue weighted by Gasteiger charge is -2.26. The summed E-state index contributed by atoms with van der Waals surface area (Å²) in [5, 5.41) is 12.4. The van der Waals surface area contributed by atoms with Crippen LogP contribution in [0.15, 0.2) is 6.07 Å². The van der Waals surface area contributed by atoms with Gasteiger partial charge in [0.1, 0.15) is 11.3 Å². The summed E-state index contributed by atoms with van der Waals surface area (Å²) in [5.41, 5.74) is 9.19. The number of fused-ring (bicyclic) bond motifs is 3. The van der Waals surface area contributed by atoms with Gasteiger partial charge in [0, 0.05) is 36.9 Å². The number of anilines is 1. The number of nitrogens with zero attached hydrogens (tertiary/aromatic N) is 3. The number of nitrogen functional groups attached to an aromatic ring is 1. The second-order valence-electron chi connectivity index (χ2n) is 9.45. The number of aliphatic hydroxyl groups is 1. The number of aryl methyl sites for hydroxylation is 3. The van der Waals surface area contributed by atoms with E-state index >= 15 is 0 Å². The molecule has 0 bridgehead atoms. The third-order valence-electron chi connectivity index (χ3n) is 6.92. The monoisotopic (exact) mass is 471 g/mol. The van der Waals surface area contributed by atoms with Crippen LogP contribution in [0.4, 0.5) is 5.82 Å². The van der Waals surface area contributed by atoms with E-state index in [1.54, 1.807) is 11.3 Å². The molecular weight excluding hydrogens is 434 g/mol. The average molecular weight is 472 g/mol. The lowest BCUT2D eigenvalue weighted by atomic mass is 9.82. The SMILES string of the molecule is CCCCc1nc2c(N)nc3cc(C)sc3c2n1CCCCNC(=O)C1CCC(CO)CC1. The summed E-state index contributed by atoms with van der Waals surface area (Å²) in [7, 11) is 0. The molecule has 1 aliphatic carbocycles. The minimum Gasteiger partial charge on any atom is -0.396 e. The molecule has 4 N–H and O–H groups in total. The summed E-state index contributed by atoms with van der Waals surface area (Å²) in [6.45, 7) is 6.11. The van der Waals surface area contributed by atoms with Crippen LogP contribution in [0.1, 0.15) is 69.0 Å². The average Bonchev–Trinajstić information content (AvgIpc) is 3.37. The molecule has 0 aliphatic heterocycles. The second-order valence-corrected chi connectivity index (χ2v) is 10.7. The van der Waals surface area contributed by atoms with Gasteiger partial charge >= 0.3 is 0 Å². The first-order chi connectivity index (χ1) is 16.0. The Morgan fingerprint density at radius 2 is 2.03 bits per heavy atom. The predicted molar refractivity (Wildman–Crippen MR) is 135 cm³/mol. The molecule has 0 radical (unpaired) electrons. The molecule has 1 fully saturated rings. The van der Waals surface area contributed by atoms with Crippen LogP contribution in [0.3, 0.4) is 0 Å². The van der Waals surface area contributed by atoms with Gasteiger partial charge in [0.25, 0.3) is 0 Å². The summed E-state index contributed by atoms with van der Waals surface area (Å²) in [5.74, 6) is 2.26. The topological polar surface area (TPSA) is 106 Å². The molecule has 3 aromatic rings. The highest BCUT2D eigenvalue weighted by atomic mass is 32.1. The van der Waals surface area contributed by atoms with Crippen LogP contribution in [0.25, 0.3) is 21.3 Å². The van der Waals surface area contributed by atoms with Crippen LogP contribution in [-0.4, -0.2) is 38.7 Å². The predicted octanol–water partition coefficient (Wildman–Crippen LogP) is 4.57.